The third-order valence-corrected chi connectivity index (χ3v) is 2.24. The average Bonchev–Trinajstić information content (AvgIpc) is 2.61. The van der Waals surface area contributed by atoms with Crippen molar-refractivity contribution < 1.29 is 9.21 Å². The van der Waals surface area contributed by atoms with Gasteiger partial charge in [-0.3, -0.25) is 4.79 Å². The third-order valence-electron chi connectivity index (χ3n) is 2.24. The molecule has 0 fully saturated rings. The first kappa shape index (κ1) is 11.8. The van der Waals surface area contributed by atoms with Crippen LogP contribution in [-0.4, -0.2) is 38.0 Å². The predicted molar refractivity (Wildman–Crippen MR) is 58.7 cm³/mol. The zero-order valence-electron chi connectivity index (χ0n) is 9.54. The van der Waals surface area contributed by atoms with E-state index in [9.17, 15) is 4.79 Å². The minimum atomic E-state index is 0.0979. The number of carbonyl (C=O) groups excluding carboxylic acids is 1. The van der Waals surface area contributed by atoms with Crippen LogP contribution in [-0.2, 0) is 11.2 Å². The van der Waals surface area contributed by atoms with Crippen LogP contribution in [0.15, 0.2) is 16.5 Å². The van der Waals surface area contributed by atoms with Gasteiger partial charge in [-0.05, 0) is 26.1 Å². The molecule has 15 heavy (non-hydrogen) atoms. The van der Waals surface area contributed by atoms with Crippen LogP contribution in [0.3, 0.4) is 0 Å². The molecule has 1 rings (SSSR count). The Kier molecular flexibility index (Phi) is 4.37. The second kappa shape index (κ2) is 5.56. The molecule has 1 aromatic rings. The second-order valence-electron chi connectivity index (χ2n) is 3.61. The fourth-order valence-corrected chi connectivity index (χ4v) is 1.31. The maximum Gasteiger partial charge on any atom is 0.236 e. The Morgan fingerprint density at radius 1 is 1.53 bits per heavy atom. The van der Waals surface area contributed by atoms with Crippen LogP contribution in [0.25, 0.3) is 0 Å². The summed E-state index contributed by atoms with van der Waals surface area (Å²) in [5.74, 6) is 1.94. The van der Waals surface area contributed by atoms with Gasteiger partial charge in [-0.15, -0.1) is 0 Å². The molecule has 0 aliphatic rings. The fraction of sp³-hybridized carbons (Fsp3) is 0.545. The largest absolute Gasteiger partial charge is 0.466 e. The number of aryl methyl sites for hydroxylation is 1. The van der Waals surface area contributed by atoms with E-state index in [1.165, 1.54) is 0 Å². The minimum absolute atomic E-state index is 0.0979. The van der Waals surface area contributed by atoms with Crippen LogP contribution in [0.5, 0.6) is 0 Å². The number of carbonyl (C=O) groups is 1. The van der Waals surface area contributed by atoms with E-state index in [2.05, 4.69) is 5.32 Å². The molecular weight excluding hydrogens is 192 g/mol. The zero-order valence-corrected chi connectivity index (χ0v) is 9.54. The van der Waals surface area contributed by atoms with Gasteiger partial charge in [-0.25, -0.2) is 0 Å². The molecule has 0 unspecified atom stereocenters. The van der Waals surface area contributed by atoms with Crippen LogP contribution >= 0.6 is 0 Å². The number of rotatable bonds is 5. The normalized spacial score (nSPS) is 10.3. The molecule has 0 spiro atoms. The maximum atomic E-state index is 11.4. The molecule has 4 heteroatoms. The van der Waals surface area contributed by atoms with E-state index >= 15 is 0 Å². The summed E-state index contributed by atoms with van der Waals surface area (Å²) in [4.78, 5) is 13.1. The Morgan fingerprint density at radius 2 is 2.27 bits per heavy atom. The predicted octanol–water partition coefficient (Wildman–Crippen LogP) is 0.808. The van der Waals surface area contributed by atoms with Crippen molar-refractivity contribution >= 4 is 5.91 Å². The molecule has 1 aromatic heterocycles. The van der Waals surface area contributed by atoms with Gasteiger partial charge in [0.1, 0.15) is 11.5 Å². The van der Waals surface area contributed by atoms with Gasteiger partial charge in [0.2, 0.25) is 5.91 Å². The number of nitrogens with zero attached hydrogens (tertiary/aromatic N) is 1. The van der Waals surface area contributed by atoms with E-state index in [4.69, 9.17) is 4.42 Å². The summed E-state index contributed by atoms with van der Waals surface area (Å²) in [5, 5.41) is 2.84. The highest BCUT2D eigenvalue weighted by Crippen LogP contribution is 2.07. The molecule has 1 heterocycles. The van der Waals surface area contributed by atoms with Crippen LogP contribution < -0.4 is 5.32 Å². The first-order chi connectivity index (χ1) is 7.13. The molecule has 0 saturated carbocycles. The van der Waals surface area contributed by atoms with Gasteiger partial charge >= 0.3 is 0 Å². The Labute approximate surface area is 90.3 Å². The molecule has 4 nitrogen and oxygen atoms in total. The lowest BCUT2D eigenvalue weighted by Crippen LogP contribution is -2.35. The quantitative estimate of drug-likeness (QED) is 0.782. The number of likely N-dealkylation sites (N-methyl/N-ethyl adjacent to an activating group) is 2. The van der Waals surface area contributed by atoms with Gasteiger partial charge in [-0.2, -0.15) is 0 Å². The highest BCUT2D eigenvalue weighted by atomic mass is 16.3. The van der Waals surface area contributed by atoms with Crippen LogP contribution in [0, 0.1) is 6.92 Å². The van der Waals surface area contributed by atoms with Gasteiger partial charge in [0.25, 0.3) is 0 Å². The Balaban J connectivity index is 2.33. The molecule has 0 atom stereocenters. The zero-order chi connectivity index (χ0) is 11.3. The molecule has 0 bridgehead atoms. The monoisotopic (exact) mass is 210 g/mol. The highest BCUT2D eigenvalue weighted by Gasteiger charge is 2.08. The molecular formula is C11H18N2O2. The fourth-order valence-electron chi connectivity index (χ4n) is 1.31. The number of amides is 1. The molecule has 0 aliphatic carbocycles. The third kappa shape index (κ3) is 3.75. The first-order valence-electron chi connectivity index (χ1n) is 5.07. The van der Waals surface area contributed by atoms with Crippen molar-refractivity contribution in [3.05, 3.63) is 23.7 Å². The number of nitrogens with one attached hydrogen (secondary N) is 1. The molecule has 0 aromatic carbocycles. The van der Waals surface area contributed by atoms with Gasteiger partial charge in [-0.1, -0.05) is 0 Å². The van der Waals surface area contributed by atoms with E-state index in [1.807, 2.05) is 19.1 Å². The SMILES string of the molecule is CNCC(=O)N(C)CCc1ccc(C)o1. The second-order valence-corrected chi connectivity index (χ2v) is 3.61. The van der Waals surface area contributed by atoms with E-state index in [-0.39, 0.29) is 5.91 Å². The van der Waals surface area contributed by atoms with E-state index in [0.717, 1.165) is 17.9 Å². The summed E-state index contributed by atoms with van der Waals surface area (Å²) >= 11 is 0. The minimum Gasteiger partial charge on any atom is -0.466 e. The summed E-state index contributed by atoms with van der Waals surface area (Å²) in [7, 11) is 3.57. The Hall–Kier alpha value is -1.29. The van der Waals surface area contributed by atoms with Gasteiger partial charge in [0, 0.05) is 20.0 Å². The number of hydrogen-bond acceptors (Lipinski definition) is 3. The lowest BCUT2D eigenvalue weighted by Gasteiger charge is -2.15. The molecule has 0 saturated heterocycles. The van der Waals surface area contributed by atoms with Gasteiger partial charge in [0.05, 0.1) is 6.54 Å². The molecule has 1 N–H and O–H groups in total. The van der Waals surface area contributed by atoms with Crippen molar-refractivity contribution in [2.24, 2.45) is 0 Å². The van der Waals surface area contributed by atoms with Crippen molar-refractivity contribution in [1.29, 1.82) is 0 Å². The van der Waals surface area contributed by atoms with Crippen molar-refractivity contribution in [2.75, 3.05) is 27.2 Å². The van der Waals surface area contributed by atoms with E-state index in [1.54, 1.807) is 19.0 Å². The van der Waals surface area contributed by atoms with E-state index < -0.39 is 0 Å². The van der Waals surface area contributed by atoms with Gasteiger partial charge < -0.3 is 14.6 Å². The van der Waals surface area contributed by atoms with Crippen molar-refractivity contribution in [1.82, 2.24) is 10.2 Å². The Morgan fingerprint density at radius 3 is 2.80 bits per heavy atom. The number of hydrogen-bond donors (Lipinski definition) is 1. The average molecular weight is 210 g/mol. The van der Waals surface area contributed by atoms with Crippen LogP contribution in [0.1, 0.15) is 11.5 Å². The topological polar surface area (TPSA) is 45.5 Å². The van der Waals surface area contributed by atoms with E-state index in [0.29, 0.717) is 13.1 Å². The van der Waals surface area contributed by atoms with Crippen LogP contribution in [0.4, 0.5) is 0 Å². The van der Waals surface area contributed by atoms with Crippen LogP contribution in [0.2, 0.25) is 0 Å². The molecule has 1 amide bonds. The summed E-state index contributed by atoms with van der Waals surface area (Å²) < 4.78 is 5.42. The summed E-state index contributed by atoms with van der Waals surface area (Å²) in [6.45, 7) is 2.99. The Bertz CT molecular complexity index is 320. The summed E-state index contributed by atoms with van der Waals surface area (Å²) in [5.41, 5.74) is 0. The highest BCUT2D eigenvalue weighted by molar-refractivity contribution is 5.77. The summed E-state index contributed by atoms with van der Waals surface area (Å²) in [6, 6.07) is 3.89. The number of furan rings is 1. The summed E-state index contributed by atoms with van der Waals surface area (Å²) in [6.07, 6.45) is 0.764. The molecule has 0 radical (unpaired) electrons. The smallest absolute Gasteiger partial charge is 0.236 e. The molecule has 84 valence electrons. The lowest BCUT2D eigenvalue weighted by atomic mass is 10.3. The van der Waals surface area contributed by atoms with Crippen molar-refractivity contribution in [2.45, 2.75) is 13.3 Å². The molecule has 0 aliphatic heterocycles. The van der Waals surface area contributed by atoms with Crippen molar-refractivity contribution in [3.8, 4) is 0 Å². The van der Waals surface area contributed by atoms with Crippen molar-refractivity contribution in [3.63, 3.8) is 0 Å². The van der Waals surface area contributed by atoms with Gasteiger partial charge in [0.15, 0.2) is 0 Å². The standard InChI is InChI=1S/C11H18N2O2/c1-9-4-5-10(15-9)6-7-13(3)11(14)8-12-2/h4-5,12H,6-8H2,1-3H3. The first-order valence-corrected chi connectivity index (χ1v) is 5.07. The lowest BCUT2D eigenvalue weighted by molar-refractivity contribution is -0.128. The maximum absolute atomic E-state index is 11.4.